The van der Waals surface area contributed by atoms with Gasteiger partial charge in [-0.2, -0.15) is 0 Å². The standard InChI is InChI=1S/C4H10Si.2BrH/c1-3-5-4-2;;/h3-4H2,1-2H3;2*1H/p-2. The van der Waals surface area contributed by atoms with Gasteiger partial charge in [0.05, 0.1) is 0 Å². The normalized spacial score (nSPS) is 6.00. The molecule has 0 aliphatic heterocycles. The van der Waals surface area contributed by atoms with Crippen molar-refractivity contribution in [2.24, 2.45) is 0 Å². The number of hydrogen-bond acceptors (Lipinski definition) is 0. The van der Waals surface area contributed by atoms with Crippen molar-refractivity contribution in [3.8, 4) is 0 Å². The van der Waals surface area contributed by atoms with Crippen molar-refractivity contribution >= 4 is 9.52 Å². The van der Waals surface area contributed by atoms with Crippen LogP contribution in [0.5, 0.6) is 0 Å². The second kappa shape index (κ2) is 15.7. The molecule has 0 amide bonds. The fourth-order valence-corrected chi connectivity index (χ4v) is 0.750. The van der Waals surface area contributed by atoms with Gasteiger partial charge in [0, 0.05) is 9.52 Å². The van der Waals surface area contributed by atoms with E-state index < -0.39 is 0 Å². The highest BCUT2D eigenvalue weighted by molar-refractivity contribution is 6.34. The molecule has 0 aromatic carbocycles. The molecule has 2 radical (unpaired) electrons. The van der Waals surface area contributed by atoms with E-state index in [1.807, 2.05) is 0 Å². The van der Waals surface area contributed by atoms with E-state index in [4.69, 9.17) is 0 Å². The van der Waals surface area contributed by atoms with Crippen molar-refractivity contribution in [1.82, 2.24) is 0 Å². The van der Waals surface area contributed by atoms with Crippen LogP contribution in [0.2, 0.25) is 12.1 Å². The lowest BCUT2D eigenvalue weighted by Crippen LogP contribution is -3.00. The average Bonchev–Trinajstić information content (AvgIpc) is 1.41. The third-order valence-corrected chi connectivity index (χ3v) is 1.50. The minimum absolute atomic E-state index is 0. The molecule has 0 rings (SSSR count). The Kier molecular flexibility index (Phi) is 35.2. The summed E-state index contributed by atoms with van der Waals surface area (Å²) in [5, 5.41) is 0. The van der Waals surface area contributed by atoms with Gasteiger partial charge in [-0.05, 0) is 0 Å². The van der Waals surface area contributed by atoms with Crippen LogP contribution in [0.1, 0.15) is 13.8 Å². The molecule has 0 saturated heterocycles. The van der Waals surface area contributed by atoms with Crippen molar-refractivity contribution < 1.29 is 34.0 Å². The van der Waals surface area contributed by atoms with Crippen molar-refractivity contribution in [1.29, 1.82) is 0 Å². The second-order valence-corrected chi connectivity index (χ2v) is 2.87. The molecule has 0 unspecified atom stereocenters. The Morgan fingerprint density at radius 1 is 1.00 bits per heavy atom. The maximum Gasteiger partial charge on any atom is 0.0372 e. The summed E-state index contributed by atoms with van der Waals surface area (Å²) in [6, 6.07) is 2.74. The molecule has 0 N–H and O–H groups in total. The van der Waals surface area contributed by atoms with Crippen molar-refractivity contribution in [3.05, 3.63) is 0 Å². The van der Waals surface area contributed by atoms with E-state index in [1.54, 1.807) is 0 Å². The van der Waals surface area contributed by atoms with Gasteiger partial charge in [-0.15, -0.1) is 0 Å². The molecule has 0 bridgehead atoms. The quantitative estimate of drug-likeness (QED) is 0.431. The Hall–Kier alpha value is 1.18. The van der Waals surface area contributed by atoms with Crippen molar-refractivity contribution in [3.63, 3.8) is 0 Å². The average molecular weight is 246 g/mol. The van der Waals surface area contributed by atoms with Gasteiger partial charge in [0.15, 0.2) is 0 Å². The topological polar surface area (TPSA) is 0 Å². The lowest BCUT2D eigenvalue weighted by Gasteiger charge is -1.76. The van der Waals surface area contributed by atoms with E-state index in [0.29, 0.717) is 0 Å². The smallest absolute Gasteiger partial charge is 0.0372 e. The predicted molar refractivity (Wildman–Crippen MR) is 26.7 cm³/mol. The molecule has 0 spiro atoms. The first-order chi connectivity index (χ1) is 2.41. The summed E-state index contributed by atoms with van der Waals surface area (Å²) < 4.78 is 0. The highest BCUT2D eigenvalue weighted by Crippen LogP contribution is 1.77. The molecule has 7 heavy (non-hydrogen) atoms. The molecular formula is C4H10Br2Si-2. The Balaban J connectivity index is -0.0000000800. The molecule has 0 saturated carbocycles. The van der Waals surface area contributed by atoms with Crippen LogP contribution in [0.15, 0.2) is 0 Å². The number of rotatable bonds is 2. The summed E-state index contributed by atoms with van der Waals surface area (Å²) >= 11 is 0. The molecule has 3 heteroatoms. The van der Waals surface area contributed by atoms with E-state index in [-0.39, 0.29) is 34.0 Å². The van der Waals surface area contributed by atoms with Gasteiger partial charge in [0.25, 0.3) is 0 Å². The SMILES string of the molecule is CC[Si]CC.[Br-].[Br-]. The van der Waals surface area contributed by atoms with Crippen LogP contribution in [-0.4, -0.2) is 9.52 Å². The third-order valence-electron chi connectivity index (χ3n) is 0.500. The molecule has 0 aromatic heterocycles. The van der Waals surface area contributed by atoms with Gasteiger partial charge in [-0.3, -0.25) is 0 Å². The minimum Gasteiger partial charge on any atom is -1.00 e. The first-order valence-electron chi connectivity index (χ1n) is 2.12. The lowest BCUT2D eigenvalue weighted by atomic mass is 11.0. The Labute approximate surface area is 69.4 Å². The fraction of sp³-hybridized carbons (Fsp3) is 1.00. The fourth-order valence-electron chi connectivity index (χ4n) is 0.250. The largest absolute Gasteiger partial charge is 1.00 e. The van der Waals surface area contributed by atoms with Crippen LogP contribution in [-0.2, 0) is 0 Å². The van der Waals surface area contributed by atoms with Crippen LogP contribution in [0.4, 0.5) is 0 Å². The van der Waals surface area contributed by atoms with Gasteiger partial charge < -0.3 is 34.0 Å². The Morgan fingerprint density at radius 3 is 1.29 bits per heavy atom. The maximum atomic E-state index is 2.22. The van der Waals surface area contributed by atoms with Crippen molar-refractivity contribution in [2.45, 2.75) is 25.9 Å². The monoisotopic (exact) mass is 244 g/mol. The summed E-state index contributed by atoms with van der Waals surface area (Å²) in [6.45, 7) is 4.45. The van der Waals surface area contributed by atoms with E-state index in [9.17, 15) is 0 Å². The zero-order chi connectivity index (χ0) is 4.12. The predicted octanol–water partition coefficient (Wildman–Crippen LogP) is -4.42. The zero-order valence-corrected chi connectivity index (χ0v) is 8.84. The highest BCUT2D eigenvalue weighted by atomic mass is 79.9. The molecule has 0 nitrogen and oxygen atoms in total. The second-order valence-electron chi connectivity index (χ2n) is 0.957. The van der Waals surface area contributed by atoms with Crippen LogP contribution < -0.4 is 34.0 Å². The van der Waals surface area contributed by atoms with Crippen LogP contribution in [0.25, 0.3) is 0 Å². The molecule has 0 aliphatic rings. The molecule has 0 aliphatic carbocycles. The molecule has 46 valence electrons. The highest BCUT2D eigenvalue weighted by Gasteiger charge is 1.70. The van der Waals surface area contributed by atoms with Gasteiger partial charge in [-0.25, -0.2) is 0 Å². The first-order valence-corrected chi connectivity index (χ1v) is 3.54. The van der Waals surface area contributed by atoms with E-state index >= 15 is 0 Å². The number of hydrogen-bond donors (Lipinski definition) is 0. The summed E-state index contributed by atoms with van der Waals surface area (Å²) in [6.07, 6.45) is 0. The lowest BCUT2D eigenvalue weighted by molar-refractivity contribution is -0.00100. The minimum atomic E-state index is 0. The van der Waals surface area contributed by atoms with Gasteiger partial charge in [-0.1, -0.05) is 25.9 Å². The van der Waals surface area contributed by atoms with Crippen LogP contribution >= 0.6 is 0 Å². The van der Waals surface area contributed by atoms with Crippen LogP contribution in [0.3, 0.4) is 0 Å². The molecule has 0 fully saturated rings. The number of halogens is 2. The summed E-state index contributed by atoms with van der Waals surface area (Å²) in [7, 11) is 1.20. The summed E-state index contributed by atoms with van der Waals surface area (Å²) in [4.78, 5) is 0. The first kappa shape index (κ1) is 15.7. The van der Waals surface area contributed by atoms with Crippen molar-refractivity contribution in [2.75, 3.05) is 0 Å². The van der Waals surface area contributed by atoms with E-state index in [0.717, 1.165) is 0 Å². The van der Waals surface area contributed by atoms with Crippen LogP contribution in [0, 0.1) is 0 Å². The Bertz CT molecular complexity index is 17.2. The van der Waals surface area contributed by atoms with E-state index in [2.05, 4.69) is 13.8 Å². The summed E-state index contributed by atoms with van der Waals surface area (Å²) in [5.41, 5.74) is 0. The summed E-state index contributed by atoms with van der Waals surface area (Å²) in [5.74, 6) is 0. The molecule has 0 heterocycles. The third kappa shape index (κ3) is 19.1. The van der Waals surface area contributed by atoms with Gasteiger partial charge in [0.1, 0.15) is 0 Å². The van der Waals surface area contributed by atoms with Gasteiger partial charge >= 0.3 is 0 Å². The molecular weight excluding hydrogens is 236 g/mol. The van der Waals surface area contributed by atoms with E-state index in [1.165, 1.54) is 21.6 Å². The molecule has 0 atom stereocenters. The maximum absolute atomic E-state index is 2.22. The Morgan fingerprint density at radius 2 is 1.29 bits per heavy atom. The molecule has 0 aromatic rings. The van der Waals surface area contributed by atoms with Gasteiger partial charge in [0.2, 0.25) is 0 Å². The zero-order valence-electron chi connectivity index (χ0n) is 4.67.